The van der Waals surface area contributed by atoms with Crippen LogP contribution in [0.3, 0.4) is 0 Å². The third-order valence-electron chi connectivity index (χ3n) is 3.34. The highest BCUT2D eigenvalue weighted by Gasteiger charge is 2.30. The first-order chi connectivity index (χ1) is 10.7. The van der Waals surface area contributed by atoms with Crippen molar-refractivity contribution in [1.82, 2.24) is 9.62 Å². The second-order valence-electron chi connectivity index (χ2n) is 5.16. The smallest absolute Gasteiger partial charge is 0.321 e. The van der Waals surface area contributed by atoms with Crippen molar-refractivity contribution in [2.24, 2.45) is 0 Å². The van der Waals surface area contributed by atoms with E-state index in [-0.39, 0.29) is 24.7 Å². The summed E-state index contributed by atoms with van der Waals surface area (Å²) in [7, 11) is -3.76. The van der Waals surface area contributed by atoms with E-state index in [2.05, 4.69) is 5.32 Å². The molecule has 0 spiro atoms. The second-order valence-corrected chi connectivity index (χ2v) is 7.20. The van der Waals surface area contributed by atoms with Gasteiger partial charge in [-0.15, -0.1) is 0 Å². The van der Waals surface area contributed by atoms with E-state index in [0.717, 1.165) is 9.87 Å². The largest absolute Gasteiger partial charge is 0.480 e. The SMILES string of the molecule is CC(=O)NCCN(C(C)C(=O)O)S(=O)(=O)CCc1ccccc1. The Kier molecular flexibility index (Phi) is 7.18. The zero-order valence-corrected chi connectivity index (χ0v) is 14.0. The Balaban J connectivity index is 2.80. The number of aliphatic carboxylic acids is 1. The molecule has 0 radical (unpaired) electrons. The summed E-state index contributed by atoms with van der Waals surface area (Å²) in [5, 5.41) is 11.6. The van der Waals surface area contributed by atoms with Gasteiger partial charge in [-0.05, 0) is 18.9 Å². The van der Waals surface area contributed by atoms with Crippen LogP contribution in [0.25, 0.3) is 0 Å². The zero-order valence-electron chi connectivity index (χ0n) is 13.2. The van der Waals surface area contributed by atoms with Crippen LogP contribution in [0.15, 0.2) is 30.3 Å². The molecular weight excluding hydrogens is 320 g/mol. The summed E-state index contributed by atoms with van der Waals surface area (Å²) in [5.41, 5.74) is 0.862. The first-order valence-corrected chi connectivity index (χ1v) is 8.85. The summed E-state index contributed by atoms with van der Waals surface area (Å²) in [6.07, 6.45) is 0.298. The molecule has 128 valence electrons. The highest BCUT2D eigenvalue weighted by molar-refractivity contribution is 7.89. The molecule has 8 heteroatoms. The number of carboxylic acids is 1. The molecule has 0 saturated heterocycles. The Labute approximate surface area is 136 Å². The summed E-state index contributed by atoms with van der Waals surface area (Å²) in [5.74, 6) is -1.71. The number of carbonyl (C=O) groups excluding carboxylic acids is 1. The first kappa shape index (κ1) is 19.1. The molecule has 0 aliphatic carbocycles. The number of hydrogen-bond donors (Lipinski definition) is 2. The fourth-order valence-corrected chi connectivity index (χ4v) is 3.72. The fourth-order valence-electron chi connectivity index (χ4n) is 2.05. The number of rotatable bonds is 9. The van der Waals surface area contributed by atoms with E-state index in [9.17, 15) is 18.0 Å². The van der Waals surface area contributed by atoms with E-state index in [1.165, 1.54) is 13.8 Å². The number of aryl methyl sites for hydroxylation is 1. The normalized spacial score (nSPS) is 12.8. The van der Waals surface area contributed by atoms with Gasteiger partial charge in [0.2, 0.25) is 15.9 Å². The van der Waals surface area contributed by atoms with Crippen molar-refractivity contribution < 1.29 is 23.1 Å². The van der Waals surface area contributed by atoms with Crippen molar-refractivity contribution in [3.05, 3.63) is 35.9 Å². The van der Waals surface area contributed by atoms with Crippen LogP contribution in [0.4, 0.5) is 0 Å². The molecular formula is C15H22N2O5S. The molecule has 0 fully saturated rings. The van der Waals surface area contributed by atoms with Crippen LogP contribution in [0.5, 0.6) is 0 Å². The molecule has 0 bridgehead atoms. The molecule has 1 aromatic carbocycles. The number of hydrogen-bond acceptors (Lipinski definition) is 4. The molecule has 0 heterocycles. The third-order valence-corrected chi connectivity index (χ3v) is 5.28. The molecule has 0 aliphatic heterocycles. The second kappa shape index (κ2) is 8.64. The number of amides is 1. The van der Waals surface area contributed by atoms with E-state index in [0.29, 0.717) is 6.42 Å². The molecule has 1 atom stereocenters. The van der Waals surface area contributed by atoms with E-state index in [4.69, 9.17) is 5.11 Å². The molecule has 1 aromatic rings. The van der Waals surface area contributed by atoms with Crippen LogP contribution in [0, 0.1) is 0 Å². The lowest BCUT2D eigenvalue weighted by atomic mass is 10.2. The lowest BCUT2D eigenvalue weighted by molar-refractivity contribution is -0.140. The number of nitrogens with zero attached hydrogens (tertiary/aromatic N) is 1. The minimum Gasteiger partial charge on any atom is -0.480 e. The maximum Gasteiger partial charge on any atom is 0.321 e. The summed E-state index contributed by atoms with van der Waals surface area (Å²) < 4.78 is 25.9. The lowest BCUT2D eigenvalue weighted by Gasteiger charge is -2.25. The van der Waals surface area contributed by atoms with E-state index in [1.807, 2.05) is 30.3 Å². The van der Waals surface area contributed by atoms with Gasteiger partial charge in [0.25, 0.3) is 0 Å². The van der Waals surface area contributed by atoms with E-state index < -0.39 is 22.0 Å². The molecule has 0 aromatic heterocycles. The van der Waals surface area contributed by atoms with E-state index >= 15 is 0 Å². The number of carbonyl (C=O) groups is 2. The highest BCUT2D eigenvalue weighted by atomic mass is 32.2. The van der Waals surface area contributed by atoms with Gasteiger partial charge in [-0.3, -0.25) is 9.59 Å². The summed E-state index contributed by atoms with van der Waals surface area (Å²) in [6, 6.07) is 7.91. The standard InChI is InChI=1S/C15H22N2O5S/c1-12(15(19)20)17(10-9-16-13(2)18)23(21,22)11-8-14-6-4-3-5-7-14/h3-7,12H,8-11H2,1-2H3,(H,16,18)(H,19,20). The van der Waals surface area contributed by atoms with Crippen LogP contribution in [0.2, 0.25) is 0 Å². The van der Waals surface area contributed by atoms with Crippen LogP contribution in [0.1, 0.15) is 19.4 Å². The molecule has 23 heavy (non-hydrogen) atoms. The average Bonchev–Trinajstić information content (AvgIpc) is 2.49. The Morgan fingerprint density at radius 3 is 2.39 bits per heavy atom. The maximum atomic E-state index is 12.5. The third kappa shape index (κ3) is 6.37. The molecule has 0 saturated carbocycles. The Morgan fingerprint density at radius 2 is 1.87 bits per heavy atom. The van der Waals surface area contributed by atoms with Gasteiger partial charge in [0.05, 0.1) is 5.75 Å². The quantitative estimate of drug-likeness (QED) is 0.679. The van der Waals surface area contributed by atoms with Gasteiger partial charge in [0.15, 0.2) is 0 Å². The average molecular weight is 342 g/mol. The van der Waals surface area contributed by atoms with Gasteiger partial charge >= 0.3 is 5.97 Å². The van der Waals surface area contributed by atoms with Crippen LogP contribution >= 0.6 is 0 Å². The molecule has 0 aliphatic rings. The minimum absolute atomic E-state index is 0.0670. The maximum absolute atomic E-state index is 12.5. The molecule has 1 unspecified atom stereocenters. The van der Waals surface area contributed by atoms with Crippen molar-refractivity contribution in [3.63, 3.8) is 0 Å². The fraction of sp³-hybridized carbons (Fsp3) is 0.467. The van der Waals surface area contributed by atoms with Crippen LogP contribution < -0.4 is 5.32 Å². The molecule has 2 N–H and O–H groups in total. The monoisotopic (exact) mass is 342 g/mol. The molecule has 1 rings (SSSR count). The lowest BCUT2D eigenvalue weighted by Crippen LogP contribution is -2.47. The number of benzene rings is 1. The van der Waals surface area contributed by atoms with Gasteiger partial charge in [-0.1, -0.05) is 30.3 Å². The van der Waals surface area contributed by atoms with Gasteiger partial charge in [0, 0.05) is 20.0 Å². The zero-order chi connectivity index (χ0) is 17.5. The predicted octanol–water partition coefficient (Wildman–Crippen LogP) is 0.470. The topological polar surface area (TPSA) is 104 Å². The van der Waals surface area contributed by atoms with Crippen molar-refractivity contribution in [1.29, 1.82) is 0 Å². The van der Waals surface area contributed by atoms with Crippen LogP contribution in [-0.2, 0) is 26.0 Å². The van der Waals surface area contributed by atoms with Crippen molar-refractivity contribution in [2.45, 2.75) is 26.3 Å². The highest BCUT2D eigenvalue weighted by Crippen LogP contribution is 2.11. The first-order valence-electron chi connectivity index (χ1n) is 7.24. The van der Waals surface area contributed by atoms with Crippen molar-refractivity contribution in [3.8, 4) is 0 Å². The van der Waals surface area contributed by atoms with E-state index in [1.54, 1.807) is 0 Å². The van der Waals surface area contributed by atoms with Gasteiger partial charge in [0.1, 0.15) is 6.04 Å². The minimum atomic E-state index is -3.76. The van der Waals surface area contributed by atoms with Crippen molar-refractivity contribution in [2.75, 3.05) is 18.8 Å². The summed E-state index contributed by atoms with van der Waals surface area (Å²) in [6.45, 7) is 2.62. The molecule has 1 amide bonds. The van der Waals surface area contributed by atoms with Gasteiger partial charge in [-0.2, -0.15) is 4.31 Å². The van der Waals surface area contributed by atoms with Gasteiger partial charge in [-0.25, -0.2) is 8.42 Å². The number of carboxylic acid groups (broad SMARTS) is 1. The van der Waals surface area contributed by atoms with Crippen molar-refractivity contribution >= 4 is 21.9 Å². The summed E-state index contributed by atoms with van der Waals surface area (Å²) in [4.78, 5) is 22.1. The number of sulfonamides is 1. The summed E-state index contributed by atoms with van der Waals surface area (Å²) >= 11 is 0. The Morgan fingerprint density at radius 1 is 1.26 bits per heavy atom. The van der Waals surface area contributed by atoms with Gasteiger partial charge < -0.3 is 10.4 Å². The van der Waals surface area contributed by atoms with Crippen LogP contribution in [-0.4, -0.2) is 54.6 Å². The number of nitrogens with one attached hydrogen (secondary N) is 1. The Hall–Kier alpha value is -1.93. The Bertz CT molecular complexity index is 631. The predicted molar refractivity (Wildman–Crippen MR) is 86.4 cm³/mol. The molecule has 7 nitrogen and oxygen atoms in total.